The second kappa shape index (κ2) is 7.83. The molecule has 5 nitrogen and oxygen atoms in total. The van der Waals surface area contributed by atoms with Gasteiger partial charge in [-0.1, -0.05) is 36.4 Å². The van der Waals surface area contributed by atoms with Gasteiger partial charge >= 0.3 is 0 Å². The van der Waals surface area contributed by atoms with E-state index in [1.165, 1.54) is 0 Å². The number of carbonyl (C=O) groups excluding carboxylic acids is 1. The molecule has 0 unspecified atom stereocenters. The topological polar surface area (TPSA) is 59.9 Å². The number of aryl methyl sites for hydroxylation is 1. The summed E-state index contributed by atoms with van der Waals surface area (Å²) < 4.78 is 10.5. The van der Waals surface area contributed by atoms with Crippen molar-refractivity contribution in [2.45, 2.75) is 6.92 Å². The van der Waals surface area contributed by atoms with Crippen molar-refractivity contribution in [3.63, 3.8) is 0 Å². The third kappa shape index (κ3) is 4.34. The Hall–Kier alpha value is -2.82. The molecule has 0 bridgehead atoms. The first-order chi connectivity index (χ1) is 10.7. The summed E-state index contributed by atoms with van der Waals surface area (Å²) in [5, 5.41) is 3.92. The van der Waals surface area contributed by atoms with Crippen LogP contribution >= 0.6 is 0 Å². The number of nitrogens with zero attached hydrogens (tertiary/aromatic N) is 1. The minimum absolute atomic E-state index is 0.133. The smallest absolute Gasteiger partial charge is 0.277 e. The van der Waals surface area contributed by atoms with Gasteiger partial charge in [-0.05, 0) is 30.2 Å². The molecule has 0 fully saturated rings. The van der Waals surface area contributed by atoms with Crippen molar-refractivity contribution in [1.29, 1.82) is 0 Å². The predicted molar refractivity (Wildman–Crippen MR) is 85.4 cm³/mol. The number of methoxy groups -OCH3 is 1. The molecule has 0 aliphatic rings. The molecule has 22 heavy (non-hydrogen) atoms. The van der Waals surface area contributed by atoms with E-state index in [0.29, 0.717) is 11.5 Å². The highest BCUT2D eigenvalue weighted by Crippen LogP contribution is 2.25. The van der Waals surface area contributed by atoms with Gasteiger partial charge in [-0.3, -0.25) is 4.79 Å². The fourth-order valence-corrected chi connectivity index (χ4v) is 1.82. The number of hydrogen-bond acceptors (Lipinski definition) is 4. The van der Waals surface area contributed by atoms with Crippen molar-refractivity contribution in [3.8, 4) is 11.5 Å². The zero-order chi connectivity index (χ0) is 15.8. The molecule has 0 aliphatic heterocycles. The van der Waals surface area contributed by atoms with Gasteiger partial charge in [0, 0.05) is 0 Å². The number of nitrogens with one attached hydrogen (secondary N) is 1. The number of para-hydroxylation sites is 2. The van der Waals surface area contributed by atoms with Gasteiger partial charge in [0.1, 0.15) is 0 Å². The van der Waals surface area contributed by atoms with E-state index in [1.807, 2.05) is 43.3 Å². The molecular formula is C17H18N2O3. The number of benzene rings is 2. The molecule has 1 amide bonds. The van der Waals surface area contributed by atoms with Crippen LogP contribution < -0.4 is 14.9 Å². The number of rotatable bonds is 6. The minimum atomic E-state index is -0.337. The lowest BCUT2D eigenvalue weighted by molar-refractivity contribution is -0.123. The quantitative estimate of drug-likeness (QED) is 0.658. The van der Waals surface area contributed by atoms with Crippen molar-refractivity contribution < 1.29 is 14.3 Å². The second-order valence-corrected chi connectivity index (χ2v) is 4.59. The first-order valence-electron chi connectivity index (χ1n) is 6.84. The van der Waals surface area contributed by atoms with Crippen LogP contribution in [0.1, 0.15) is 11.1 Å². The standard InChI is InChI=1S/C17H18N2O3/c1-13-7-3-4-8-14(13)11-18-19-17(20)12-22-16-10-6-5-9-15(16)21-2/h3-11H,12H2,1-2H3,(H,19,20)/b18-11+. The Bertz CT molecular complexity index is 668. The molecule has 0 saturated heterocycles. The molecule has 0 spiro atoms. The summed E-state index contributed by atoms with van der Waals surface area (Å²) in [6.07, 6.45) is 1.61. The highest BCUT2D eigenvalue weighted by Gasteiger charge is 2.05. The van der Waals surface area contributed by atoms with E-state index >= 15 is 0 Å². The molecule has 0 radical (unpaired) electrons. The molecule has 5 heteroatoms. The predicted octanol–water partition coefficient (Wildman–Crippen LogP) is 2.53. The third-order valence-electron chi connectivity index (χ3n) is 3.01. The Balaban J connectivity index is 1.85. The Morgan fingerprint density at radius 2 is 1.82 bits per heavy atom. The lowest BCUT2D eigenvalue weighted by atomic mass is 10.1. The summed E-state index contributed by atoms with van der Waals surface area (Å²) in [7, 11) is 1.55. The maximum atomic E-state index is 11.7. The van der Waals surface area contributed by atoms with Gasteiger partial charge in [0.05, 0.1) is 13.3 Å². The van der Waals surface area contributed by atoms with E-state index in [2.05, 4.69) is 10.5 Å². The maximum Gasteiger partial charge on any atom is 0.277 e. The number of ether oxygens (including phenoxy) is 2. The molecule has 0 aliphatic carbocycles. The minimum Gasteiger partial charge on any atom is -0.493 e. The van der Waals surface area contributed by atoms with E-state index in [4.69, 9.17) is 9.47 Å². The zero-order valence-electron chi connectivity index (χ0n) is 12.6. The van der Waals surface area contributed by atoms with Crippen LogP contribution in [0.3, 0.4) is 0 Å². The summed E-state index contributed by atoms with van der Waals surface area (Å²) in [4.78, 5) is 11.7. The van der Waals surface area contributed by atoms with Crippen LogP contribution in [0.4, 0.5) is 0 Å². The largest absolute Gasteiger partial charge is 0.493 e. The summed E-state index contributed by atoms with van der Waals surface area (Å²) in [5.74, 6) is 0.762. The molecule has 1 N–H and O–H groups in total. The van der Waals surface area contributed by atoms with Crippen LogP contribution in [0.5, 0.6) is 11.5 Å². The molecule has 0 heterocycles. The molecule has 0 saturated carbocycles. The third-order valence-corrected chi connectivity index (χ3v) is 3.01. The Morgan fingerprint density at radius 1 is 1.14 bits per heavy atom. The van der Waals surface area contributed by atoms with E-state index in [1.54, 1.807) is 25.5 Å². The average Bonchev–Trinajstić information content (AvgIpc) is 2.55. The molecule has 2 aromatic carbocycles. The van der Waals surface area contributed by atoms with Gasteiger partial charge in [-0.25, -0.2) is 5.43 Å². The molecule has 0 atom stereocenters. The first-order valence-corrected chi connectivity index (χ1v) is 6.84. The molecule has 0 aromatic heterocycles. The van der Waals surface area contributed by atoms with E-state index in [-0.39, 0.29) is 12.5 Å². The van der Waals surface area contributed by atoms with Crippen LogP contribution in [0.2, 0.25) is 0 Å². The van der Waals surface area contributed by atoms with E-state index < -0.39 is 0 Å². The maximum absolute atomic E-state index is 11.7. The summed E-state index contributed by atoms with van der Waals surface area (Å²) in [5.41, 5.74) is 4.47. The fourth-order valence-electron chi connectivity index (χ4n) is 1.82. The number of amides is 1. The lowest BCUT2D eigenvalue weighted by Crippen LogP contribution is -2.24. The molecule has 114 valence electrons. The Morgan fingerprint density at radius 3 is 2.55 bits per heavy atom. The second-order valence-electron chi connectivity index (χ2n) is 4.59. The van der Waals surface area contributed by atoms with Crippen molar-refractivity contribution in [1.82, 2.24) is 5.43 Å². The van der Waals surface area contributed by atoms with Gasteiger partial charge in [0.15, 0.2) is 18.1 Å². The number of carbonyl (C=O) groups is 1. The Labute approximate surface area is 129 Å². The average molecular weight is 298 g/mol. The Kier molecular flexibility index (Phi) is 5.54. The fraction of sp³-hybridized carbons (Fsp3) is 0.176. The summed E-state index contributed by atoms with van der Waals surface area (Å²) in [6, 6.07) is 14.9. The monoisotopic (exact) mass is 298 g/mol. The molecule has 2 aromatic rings. The lowest BCUT2D eigenvalue weighted by Gasteiger charge is -2.09. The van der Waals surface area contributed by atoms with Crippen LogP contribution in [0.25, 0.3) is 0 Å². The van der Waals surface area contributed by atoms with Gasteiger partial charge < -0.3 is 9.47 Å². The molecular weight excluding hydrogens is 280 g/mol. The van der Waals surface area contributed by atoms with Crippen molar-refractivity contribution in [2.24, 2.45) is 5.10 Å². The summed E-state index contributed by atoms with van der Waals surface area (Å²) in [6.45, 7) is 1.85. The summed E-state index contributed by atoms with van der Waals surface area (Å²) >= 11 is 0. The highest BCUT2D eigenvalue weighted by atomic mass is 16.5. The SMILES string of the molecule is COc1ccccc1OCC(=O)N/N=C/c1ccccc1C. The zero-order valence-corrected chi connectivity index (χ0v) is 12.6. The van der Waals surface area contributed by atoms with Gasteiger partial charge in [0.2, 0.25) is 0 Å². The number of hydrogen-bond donors (Lipinski definition) is 1. The van der Waals surface area contributed by atoms with Crippen LogP contribution in [0, 0.1) is 6.92 Å². The van der Waals surface area contributed by atoms with Gasteiger partial charge in [-0.2, -0.15) is 5.10 Å². The van der Waals surface area contributed by atoms with Crippen molar-refractivity contribution in [3.05, 3.63) is 59.7 Å². The first kappa shape index (κ1) is 15.6. The molecule has 2 rings (SSSR count). The highest BCUT2D eigenvalue weighted by molar-refractivity contribution is 5.84. The van der Waals surface area contributed by atoms with E-state index in [9.17, 15) is 4.79 Å². The van der Waals surface area contributed by atoms with Crippen molar-refractivity contribution >= 4 is 12.1 Å². The van der Waals surface area contributed by atoms with Crippen molar-refractivity contribution in [2.75, 3.05) is 13.7 Å². The normalized spacial score (nSPS) is 10.5. The van der Waals surface area contributed by atoms with Crippen LogP contribution in [0.15, 0.2) is 53.6 Å². The number of hydrazone groups is 1. The van der Waals surface area contributed by atoms with E-state index in [0.717, 1.165) is 11.1 Å². The van der Waals surface area contributed by atoms with Crippen LogP contribution in [-0.4, -0.2) is 25.8 Å². The van der Waals surface area contributed by atoms with Crippen LogP contribution in [-0.2, 0) is 4.79 Å². The van der Waals surface area contributed by atoms with Gasteiger partial charge in [-0.15, -0.1) is 0 Å². The van der Waals surface area contributed by atoms with Gasteiger partial charge in [0.25, 0.3) is 5.91 Å².